The van der Waals surface area contributed by atoms with Gasteiger partial charge in [-0.25, -0.2) is 8.42 Å². The molecule has 6 fully saturated rings. The van der Waals surface area contributed by atoms with Crippen molar-refractivity contribution in [2.24, 2.45) is 56.7 Å². The lowest BCUT2D eigenvalue weighted by atomic mass is 9.32. The van der Waals surface area contributed by atoms with Crippen LogP contribution in [0.5, 0.6) is 0 Å². The Morgan fingerprint density at radius 2 is 1.58 bits per heavy atom. The van der Waals surface area contributed by atoms with Crippen LogP contribution in [0.4, 0.5) is 0 Å². The number of esters is 1. The molecule has 12 atom stereocenters. The molecule has 6 rings (SSSR count). The van der Waals surface area contributed by atoms with Gasteiger partial charge < -0.3 is 20.3 Å². The van der Waals surface area contributed by atoms with Gasteiger partial charge in [0.05, 0.1) is 30.5 Å². The summed E-state index contributed by atoms with van der Waals surface area (Å²) >= 11 is 0. The largest absolute Gasteiger partial charge is 0.481 e. The van der Waals surface area contributed by atoms with Gasteiger partial charge in [0.15, 0.2) is 9.84 Å². The van der Waals surface area contributed by atoms with Gasteiger partial charge >= 0.3 is 11.9 Å². The monoisotopic (exact) mass is 789 g/mol. The number of carboxylic acids is 1. The van der Waals surface area contributed by atoms with Crippen molar-refractivity contribution >= 4 is 21.8 Å². The van der Waals surface area contributed by atoms with Crippen molar-refractivity contribution < 1.29 is 33.0 Å². The van der Waals surface area contributed by atoms with Crippen LogP contribution in [0.25, 0.3) is 0 Å². The van der Waals surface area contributed by atoms with E-state index in [9.17, 15) is 28.2 Å². The zero-order valence-corrected chi connectivity index (χ0v) is 36.7. The third-order valence-electron chi connectivity index (χ3n) is 17.9. The van der Waals surface area contributed by atoms with Crippen molar-refractivity contribution in [1.29, 1.82) is 0 Å². The van der Waals surface area contributed by atoms with E-state index in [0.717, 1.165) is 45.1 Å². The maximum absolute atomic E-state index is 13.3. The number of carbonyl (C=O) groups is 2. The van der Waals surface area contributed by atoms with Crippen LogP contribution >= 0.6 is 0 Å². The minimum Gasteiger partial charge on any atom is -0.481 e. The summed E-state index contributed by atoms with van der Waals surface area (Å²) in [5, 5.41) is 24.4. The lowest BCUT2D eigenvalue weighted by Gasteiger charge is -2.73. The van der Waals surface area contributed by atoms with E-state index < -0.39 is 27.3 Å². The molecule has 1 heterocycles. The predicted molar refractivity (Wildman–Crippen MR) is 218 cm³/mol. The van der Waals surface area contributed by atoms with Crippen molar-refractivity contribution in [2.45, 2.75) is 170 Å². The normalized spacial score (nSPS) is 42.1. The molecule has 3 N–H and O–H groups in total. The molecule has 0 bridgehead atoms. The fourth-order valence-electron chi connectivity index (χ4n) is 15.0. The van der Waals surface area contributed by atoms with E-state index in [1.807, 2.05) is 20.8 Å². The van der Waals surface area contributed by atoms with Crippen molar-refractivity contribution in [1.82, 2.24) is 10.2 Å². The number of rotatable bonds is 12. The highest BCUT2D eigenvalue weighted by molar-refractivity contribution is 7.91. The molecule has 10 heteroatoms. The first-order chi connectivity index (χ1) is 25.4. The van der Waals surface area contributed by atoms with Gasteiger partial charge in [0.25, 0.3) is 0 Å². The minimum absolute atomic E-state index is 0.0511. The van der Waals surface area contributed by atoms with E-state index in [0.29, 0.717) is 42.7 Å². The van der Waals surface area contributed by atoms with Gasteiger partial charge in [-0.2, -0.15) is 0 Å². The van der Waals surface area contributed by atoms with Gasteiger partial charge in [-0.3, -0.25) is 14.5 Å². The lowest BCUT2D eigenvalue weighted by Crippen LogP contribution is -2.69. The number of carboxylic acid groups (broad SMARTS) is 1. The van der Waals surface area contributed by atoms with Gasteiger partial charge in [-0.15, -0.1) is 0 Å². The number of nitrogens with one attached hydrogen (secondary N) is 1. The first-order valence-electron chi connectivity index (χ1n) is 21.9. The predicted octanol–water partition coefficient (Wildman–Crippen LogP) is 7.66. The fraction of sp³-hybridized carbons (Fsp3) is 0.911. The molecule has 0 aromatic rings. The maximum Gasteiger partial charge on any atom is 0.306 e. The number of nitrogens with zero attached hydrogens (tertiary/aromatic N) is 1. The smallest absolute Gasteiger partial charge is 0.306 e. The molecule has 1 aliphatic heterocycles. The van der Waals surface area contributed by atoms with Crippen LogP contribution in [0.15, 0.2) is 12.2 Å². The van der Waals surface area contributed by atoms with Crippen molar-refractivity contribution in [2.75, 3.05) is 31.1 Å². The number of carbonyl (C=O) groups excluding carboxylic acids is 1. The summed E-state index contributed by atoms with van der Waals surface area (Å²) in [6.07, 6.45) is 11.5. The summed E-state index contributed by atoms with van der Waals surface area (Å²) in [6.45, 7) is 26.7. The number of ether oxygens (including phenoxy) is 1. The number of aliphatic carboxylic acids is 1. The van der Waals surface area contributed by atoms with Crippen LogP contribution in [0, 0.1) is 56.7 Å². The minimum atomic E-state index is -2.98. The summed E-state index contributed by atoms with van der Waals surface area (Å²) in [5.41, 5.74) is 1.09. The first-order valence-corrected chi connectivity index (χ1v) is 23.7. The average Bonchev–Trinajstić information content (AvgIpc) is 3.44. The van der Waals surface area contributed by atoms with Crippen LogP contribution < -0.4 is 5.32 Å². The van der Waals surface area contributed by atoms with Crippen molar-refractivity contribution in [3.8, 4) is 0 Å². The summed E-state index contributed by atoms with van der Waals surface area (Å²) in [4.78, 5) is 26.9. The molecule has 0 aromatic carbocycles. The molecule has 55 heavy (non-hydrogen) atoms. The quantitative estimate of drug-likeness (QED) is 0.135. The zero-order valence-electron chi connectivity index (χ0n) is 35.8. The summed E-state index contributed by atoms with van der Waals surface area (Å²) < 4.78 is 30.6. The number of hydrogen-bond donors (Lipinski definition) is 3. The molecule has 314 valence electrons. The number of allylic oxidation sites excluding steroid dienone is 1. The van der Waals surface area contributed by atoms with Crippen LogP contribution in [-0.4, -0.2) is 90.4 Å². The second-order valence-corrected chi connectivity index (χ2v) is 24.1. The third kappa shape index (κ3) is 7.63. The maximum atomic E-state index is 13.3. The molecule has 1 saturated heterocycles. The van der Waals surface area contributed by atoms with Gasteiger partial charge in [-0.05, 0) is 142 Å². The fourth-order valence-corrected chi connectivity index (χ4v) is 16.2. The second kappa shape index (κ2) is 15.0. The highest BCUT2D eigenvalue weighted by atomic mass is 32.2. The van der Waals surface area contributed by atoms with Crippen LogP contribution in [-0.2, 0) is 24.2 Å². The van der Waals surface area contributed by atoms with E-state index in [4.69, 9.17) is 4.74 Å². The van der Waals surface area contributed by atoms with Gasteiger partial charge in [-0.1, -0.05) is 60.6 Å². The van der Waals surface area contributed by atoms with Crippen molar-refractivity contribution in [3.63, 3.8) is 0 Å². The molecule has 0 spiro atoms. The van der Waals surface area contributed by atoms with Crippen LogP contribution in [0.2, 0.25) is 0 Å². The molecular formula is C45H76N2O7S. The Morgan fingerprint density at radius 1 is 0.909 bits per heavy atom. The highest BCUT2D eigenvalue weighted by Crippen LogP contribution is 2.76. The SMILES string of the molecule is C=C(C)[C@@H]1CC[C@]2(NCC[C@H]([C@H](C)O)N3CCS(=O)(=O)CC3)CC[C@]3(C)[C@H](CC[C@@H]4[C@@]5(C)CC[C@H](OC(=O)CC(C)(C)CC(=O)O)C(C)(C)[C@@H]5CC[C@]43C)[C@@H]12. The molecule has 0 radical (unpaired) electrons. The zero-order chi connectivity index (χ0) is 40.6. The Balaban J connectivity index is 1.19. The summed E-state index contributed by atoms with van der Waals surface area (Å²) in [6, 6.07) is -0.0537. The van der Waals surface area contributed by atoms with Crippen LogP contribution in [0.1, 0.15) is 146 Å². The number of aliphatic hydroxyl groups excluding tert-OH is 1. The van der Waals surface area contributed by atoms with Gasteiger partial charge in [0.2, 0.25) is 0 Å². The molecule has 5 saturated carbocycles. The molecule has 9 nitrogen and oxygen atoms in total. The van der Waals surface area contributed by atoms with E-state index in [1.54, 1.807) is 0 Å². The summed E-state index contributed by atoms with van der Waals surface area (Å²) in [5.74, 6) is 1.84. The van der Waals surface area contributed by atoms with E-state index in [2.05, 4.69) is 58.3 Å². The summed E-state index contributed by atoms with van der Waals surface area (Å²) in [7, 11) is -2.98. The number of hydrogen-bond acceptors (Lipinski definition) is 8. The Labute approximate surface area is 333 Å². The molecule has 5 aliphatic carbocycles. The third-order valence-corrected chi connectivity index (χ3v) is 19.5. The lowest BCUT2D eigenvalue weighted by molar-refractivity contribution is -0.246. The van der Waals surface area contributed by atoms with Gasteiger partial charge in [0.1, 0.15) is 6.10 Å². The Morgan fingerprint density at radius 3 is 2.20 bits per heavy atom. The number of aliphatic hydroxyl groups is 1. The van der Waals surface area contributed by atoms with E-state index >= 15 is 0 Å². The Kier molecular flexibility index (Phi) is 11.7. The number of fused-ring (bicyclic) bond motifs is 7. The highest BCUT2D eigenvalue weighted by Gasteiger charge is 2.71. The second-order valence-electron chi connectivity index (χ2n) is 21.8. The molecule has 0 unspecified atom stereocenters. The van der Waals surface area contributed by atoms with E-state index in [-0.39, 0.29) is 69.7 Å². The van der Waals surface area contributed by atoms with E-state index in [1.165, 1.54) is 37.7 Å². The molecule has 0 amide bonds. The molecule has 0 aromatic heterocycles. The first kappa shape index (κ1) is 43.1. The standard InChI is InChI=1S/C45H76N2O7S/c1-29(2)31-13-19-45(46-22-16-33(30(3)48)47-23-25-55(52,53)26-24-47)21-20-43(9)32(39(31)45)11-12-35-42(8)17-15-36(41(6,7)34(42)14-18-44(35,43)10)54-38(51)28-40(4,5)27-37(49)50/h30-36,39,46,48H,1,11-28H2,2-10H3,(H,49,50)/t30-,31-,32+,33+,34-,35+,36-,39+,42-,43+,44+,45-/m0/s1. The topological polar surface area (TPSA) is 133 Å². The van der Waals surface area contributed by atoms with Crippen LogP contribution in [0.3, 0.4) is 0 Å². The van der Waals surface area contributed by atoms with Crippen molar-refractivity contribution in [3.05, 3.63) is 12.2 Å². The number of sulfone groups is 1. The average molecular weight is 789 g/mol. The molecule has 6 aliphatic rings. The van der Waals surface area contributed by atoms with Gasteiger partial charge in [0, 0.05) is 30.1 Å². The Hall–Kier alpha value is -1.49. The molecular weight excluding hydrogens is 713 g/mol. The Bertz CT molecular complexity index is 1580.